The SMILES string of the molecule is c1ccc(-c2cccc3c2Oc2ccccc2C32c3ccccc3N(c3ccc4c(c3)[Si]3(c5ccccc5-c5ccccc53)c3ccccc3-4)c3ccccc32)cc1. The second-order valence-electron chi connectivity index (χ2n) is 15.9. The first kappa shape index (κ1) is 31.9. The molecule has 58 heavy (non-hydrogen) atoms. The lowest BCUT2D eigenvalue weighted by Gasteiger charge is -2.49. The predicted octanol–water partition coefficient (Wildman–Crippen LogP) is 11.0. The van der Waals surface area contributed by atoms with Gasteiger partial charge in [-0.15, -0.1) is 0 Å². The van der Waals surface area contributed by atoms with Gasteiger partial charge in [-0.1, -0.05) is 182 Å². The maximum absolute atomic E-state index is 7.02. The Bertz CT molecular complexity index is 3070. The fourth-order valence-electron chi connectivity index (χ4n) is 11.2. The average molecular weight is 754 g/mol. The molecule has 2 spiro atoms. The summed E-state index contributed by atoms with van der Waals surface area (Å²) in [5.74, 6) is 1.80. The van der Waals surface area contributed by atoms with Gasteiger partial charge in [0.15, 0.2) is 8.07 Å². The van der Waals surface area contributed by atoms with Crippen LogP contribution >= 0.6 is 0 Å². The Morgan fingerprint density at radius 1 is 0.362 bits per heavy atom. The van der Waals surface area contributed by atoms with Crippen molar-refractivity contribution in [1.29, 1.82) is 0 Å². The van der Waals surface area contributed by atoms with E-state index in [-0.39, 0.29) is 0 Å². The Labute approximate surface area is 338 Å². The Balaban J connectivity index is 1.10. The third-order valence-electron chi connectivity index (χ3n) is 13.3. The summed E-state index contributed by atoms with van der Waals surface area (Å²) in [6, 6.07) is 79.1. The third-order valence-corrected chi connectivity index (χ3v) is 18.3. The van der Waals surface area contributed by atoms with E-state index in [0.29, 0.717) is 0 Å². The largest absolute Gasteiger partial charge is 0.456 e. The topological polar surface area (TPSA) is 12.5 Å². The molecule has 0 aromatic heterocycles. The van der Waals surface area contributed by atoms with Crippen molar-refractivity contribution in [3.8, 4) is 44.9 Å². The van der Waals surface area contributed by atoms with E-state index < -0.39 is 13.5 Å². The zero-order chi connectivity index (χ0) is 38.0. The van der Waals surface area contributed by atoms with Crippen molar-refractivity contribution >= 4 is 45.9 Å². The van der Waals surface area contributed by atoms with Crippen molar-refractivity contribution < 1.29 is 4.74 Å². The molecule has 4 heterocycles. The van der Waals surface area contributed by atoms with E-state index in [2.05, 4.69) is 217 Å². The van der Waals surface area contributed by atoms with Crippen molar-refractivity contribution in [3.63, 3.8) is 0 Å². The number of benzene rings is 9. The first-order valence-electron chi connectivity index (χ1n) is 20.2. The van der Waals surface area contributed by atoms with Gasteiger partial charge in [0.25, 0.3) is 0 Å². The van der Waals surface area contributed by atoms with E-state index in [4.69, 9.17) is 4.74 Å². The van der Waals surface area contributed by atoms with Gasteiger partial charge < -0.3 is 9.64 Å². The number of hydrogen-bond acceptors (Lipinski definition) is 2. The highest BCUT2D eigenvalue weighted by Crippen LogP contribution is 2.63. The number of fused-ring (bicyclic) bond motifs is 18. The highest BCUT2D eigenvalue weighted by atomic mass is 28.3. The van der Waals surface area contributed by atoms with Gasteiger partial charge in [-0.05, 0) is 90.0 Å². The number of rotatable bonds is 2. The van der Waals surface area contributed by atoms with E-state index in [1.165, 1.54) is 71.2 Å². The number of hydrogen-bond donors (Lipinski definition) is 0. The van der Waals surface area contributed by atoms with Gasteiger partial charge in [0.2, 0.25) is 0 Å². The molecule has 3 heteroatoms. The summed E-state index contributed by atoms with van der Waals surface area (Å²) in [4.78, 5) is 2.53. The van der Waals surface area contributed by atoms with E-state index in [1.54, 1.807) is 0 Å². The Hall–Kier alpha value is -7.20. The summed E-state index contributed by atoms with van der Waals surface area (Å²) in [6.45, 7) is 0. The van der Waals surface area contributed by atoms with Crippen LogP contribution in [-0.2, 0) is 5.41 Å². The molecule has 0 N–H and O–H groups in total. The lowest BCUT2D eigenvalue weighted by molar-refractivity contribution is 0.435. The summed E-state index contributed by atoms with van der Waals surface area (Å²) in [5.41, 5.74) is 15.4. The second kappa shape index (κ2) is 11.7. The smallest absolute Gasteiger partial charge is 0.182 e. The zero-order valence-corrected chi connectivity index (χ0v) is 32.6. The molecule has 0 bridgehead atoms. The van der Waals surface area contributed by atoms with Gasteiger partial charge in [0, 0.05) is 22.4 Å². The van der Waals surface area contributed by atoms with Crippen molar-refractivity contribution in [2.24, 2.45) is 0 Å². The third kappa shape index (κ3) is 3.87. The molecule has 0 fully saturated rings. The average Bonchev–Trinajstić information content (AvgIpc) is 3.76. The summed E-state index contributed by atoms with van der Waals surface area (Å²) in [6.07, 6.45) is 0. The first-order chi connectivity index (χ1) is 28.8. The van der Waals surface area contributed by atoms with Crippen LogP contribution in [0.1, 0.15) is 22.3 Å². The fourth-order valence-corrected chi connectivity index (χ4v) is 16.9. The second-order valence-corrected chi connectivity index (χ2v) is 19.5. The van der Waals surface area contributed by atoms with Gasteiger partial charge in [-0.3, -0.25) is 0 Å². The van der Waals surface area contributed by atoms with Crippen LogP contribution in [0.2, 0.25) is 0 Å². The number of para-hydroxylation sites is 4. The first-order valence-corrected chi connectivity index (χ1v) is 22.2. The summed E-state index contributed by atoms with van der Waals surface area (Å²) >= 11 is 0. The van der Waals surface area contributed by atoms with Crippen LogP contribution in [-0.4, -0.2) is 8.07 Å². The Kier molecular flexibility index (Phi) is 6.43. The van der Waals surface area contributed by atoms with Crippen molar-refractivity contribution in [2.75, 3.05) is 4.90 Å². The molecule has 4 aliphatic rings. The minimum atomic E-state index is -2.65. The Morgan fingerprint density at radius 3 is 1.48 bits per heavy atom. The van der Waals surface area contributed by atoms with Gasteiger partial charge in [0.1, 0.15) is 11.5 Å². The summed E-state index contributed by atoms with van der Waals surface area (Å²) < 4.78 is 7.02. The molecule has 9 aromatic carbocycles. The molecular formula is C55H35NOSi. The van der Waals surface area contributed by atoms with E-state index in [9.17, 15) is 0 Å². The van der Waals surface area contributed by atoms with Crippen LogP contribution in [0.15, 0.2) is 212 Å². The van der Waals surface area contributed by atoms with Gasteiger partial charge >= 0.3 is 0 Å². The quantitative estimate of drug-likeness (QED) is 0.163. The Morgan fingerprint density at radius 2 is 0.845 bits per heavy atom. The van der Waals surface area contributed by atoms with Gasteiger partial charge in [-0.25, -0.2) is 0 Å². The molecule has 2 nitrogen and oxygen atoms in total. The van der Waals surface area contributed by atoms with Crippen molar-refractivity contribution in [3.05, 3.63) is 235 Å². The zero-order valence-electron chi connectivity index (χ0n) is 31.6. The molecule has 0 saturated heterocycles. The molecule has 0 aliphatic carbocycles. The monoisotopic (exact) mass is 753 g/mol. The van der Waals surface area contributed by atoms with Crippen LogP contribution in [0.25, 0.3) is 33.4 Å². The van der Waals surface area contributed by atoms with Crippen LogP contribution in [0.5, 0.6) is 11.5 Å². The van der Waals surface area contributed by atoms with Gasteiger partial charge in [-0.2, -0.15) is 0 Å². The normalized spacial score (nSPS) is 14.9. The molecule has 0 unspecified atom stereocenters. The van der Waals surface area contributed by atoms with Crippen LogP contribution < -0.4 is 30.4 Å². The molecule has 13 rings (SSSR count). The number of anilines is 3. The number of nitrogens with zero attached hydrogens (tertiary/aromatic N) is 1. The lowest BCUT2D eigenvalue weighted by Crippen LogP contribution is -2.70. The molecular weight excluding hydrogens is 719 g/mol. The lowest BCUT2D eigenvalue weighted by atomic mass is 9.61. The van der Waals surface area contributed by atoms with Crippen LogP contribution in [0.3, 0.4) is 0 Å². The molecule has 4 aliphatic heterocycles. The molecule has 0 atom stereocenters. The molecule has 270 valence electrons. The van der Waals surface area contributed by atoms with Crippen molar-refractivity contribution in [2.45, 2.75) is 5.41 Å². The number of ether oxygens (including phenoxy) is 1. The minimum absolute atomic E-state index is 0.634. The van der Waals surface area contributed by atoms with E-state index in [0.717, 1.165) is 33.8 Å². The maximum Gasteiger partial charge on any atom is 0.182 e. The van der Waals surface area contributed by atoms with Crippen LogP contribution in [0.4, 0.5) is 17.1 Å². The van der Waals surface area contributed by atoms with E-state index in [1.807, 2.05) is 0 Å². The summed E-state index contributed by atoms with van der Waals surface area (Å²) in [5, 5.41) is 5.93. The molecule has 0 radical (unpaired) electrons. The fraction of sp³-hybridized carbons (Fsp3) is 0.0182. The maximum atomic E-state index is 7.02. The van der Waals surface area contributed by atoms with Gasteiger partial charge in [0.05, 0.1) is 16.8 Å². The summed E-state index contributed by atoms with van der Waals surface area (Å²) in [7, 11) is -2.65. The van der Waals surface area contributed by atoms with E-state index >= 15 is 0 Å². The highest BCUT2D eigenvalue weighted by molar-refractivity contribution is 7.24. The molecule has 0 amide bonds. The van der Waals surface area contributed by atoms with Crippen molar-refractivity contribution in [1.82, 2.24) is 0 Å². The van der Waals surface area contributed by atoms with Crippen LogP contribution in [0, 0.1) is 0 Å². The predicted molar refractivity (Wildman–Crippen MR) is 240 cm³/mol. The molecule has 0 saturated carbocycles. The molecule has 9 aromatic rings. The standard InChI is InChI=1S/C55H35NOSi/c1-2-17-36(18-3-1)38-22-16-26-46-54(38)57-49-29-12-9-25-45(49)55(46)43-23-7-10-27-47(43)56(48-28-11-8-24-44(48)55)37-33-34-42-41-21-6-15-32-52(41)58(53(42)35-37)50-30-13-4-19-39(50)40-20-5-14-31-51(40)58/h1-35H. The minimum Gasteiger partial charge on any atom is -0.456 e. The highest BCUT2D eigenvalue weighted by Gasteiger charge is 2.55.